The SMILES string of the molecule is Cc1cccc2c1c(O)c(C1=NS(O)(O)c3ncccc3N1)c(=O)n2Cc1ccccc1. The van der Waals surface area contributed by atoms with E-state index in [-0.39, 0.29) is 28.7 Å². The summed E-state index contributed by atoms with van der Waals surface area (Å²) in [5.41, 5.74) is 1.94. The first-order valence-electron chi connectivity index (χ1n) is 9.86. The Morgan fingerprint density at radius 3 is 2.59 bits per heavy atom. The van der Waals surface area contributed by atoms with Gasteiger partial charge in [0, 0.05) is 11.6 Å². The Labute approximate surface area is 185 Å². The van der Waals surface area contributed by atoms with Gasteiger partial charge < -0.3 is 15.0 Å². The Kier molecular flexibility index (Phi) is 4.74. The van der Waals surface area contributed by atoms with E-state index >= 15 is 0 Å². The van der Waals surface area contributed by atoms with Crippen molar-refractivity contribution in [3.05, 3.63) is 93.9 Å². The third kappa shape index (κ3) is 3.23. The summed E-state index contributed by atoms with van der Waals surface area (Å²) < 4.78 is 26.7. The molecule has 8 nitrogen and oxygen atoms in total. The summed E-state index contributed by atoms with van der Waals surface area (Å²) >= 11 is 0. The van der Waals surface area contributed by atoms with Crippen LogP contribution in [0.25, 0.3) is 10.9 Å². The molecule has 0 radical (unpaired) electrons. The van der Waals surface area contributed by atoms with Crippen LogP contribution in [0.4, 0.5) is 5.69 Å². The maximum absolute atomic E-state index is 13.7. The maximum Gasteiger partial charge on any atom is 0.266 e. The largest absolute Gasteiger partial charge is 0.506 e. The Hall–Kier alpha value is -3.66. The van der Waals surface area contributed by atoms with Gasteiger partial charge in [0.05, 0.1) is 17.7 Å². The van der Waals surface area contributed by atoms with Gasteiger partial charge in [-0.25, -0.2) is 4.98 Å². The van der Waals surface area contributed by atoms with Gasteiger partial charge in [-0.15, -0.1) is 4.40 Å². The van der Waals surface area contributed by atoms with E-state index in [4.69, 9.17) is 0 Å². The lowest BCUT2D eigenvalue weighted by molar-refractivity contribution is 0.477. The van der Waals surface area contributed by atoms with Gasteiger partial charge in [-0.05, 0) is 47.0 Å². The number of benzene rings is 2. The number of aromatic hydroxyl groups is 1. The van der Waals surface area contributed by atoms with E-state index < -0.39 is 16.3 Å². The highest BCUT2D eigenvalue weighted by molar-refractivity contribution is 8.23. The molecule has 9 heteroatoms. The molecule has 2 aromatic heterocycles. The van der Waals surface area contributed by atoms with Crippen molar-refractivity contribution in [2.45, 2.75) is 18.5 Å². The fourth-order valence-corrected chi connectivity index (χ4v) is 5.02. The first-order valence-corrected chi connectivity index (χ1v) is 11.4. The van der Waals surface area contributed by atoms with E-state index in [2.05, 4.69) is 14.7 Å². The van der Waals surface area contributed by atoms with Gasteiger partial charge in [0.1, 0.15) is 11.3 Å². The fourth-order valence-electron chi connectivity index (χ4n) is 3.93. The summed E-state index contributed by atoms with van der Waals surface area (Å²) in [4.78, 5) is 17.7. The normalized spacial score (nSPS) is 15.5. The number of rotatable bonds is 3. The molecule has 5 rings (SSSR count). The van der Waals surface area contributed by atoms with Crippen LogP contribution < -0.4 is 10.9 Å². The molecule has 1 aliphatic rings. The molecule has 0 bridgehead atoms. The third-order valence-electron chi connectivity index (χ3n) is 5.40. The molecule has 0 saturated carbocycles. The molecule has 32 heavy (non-hydrogen) atoms. The van der Waals surface area contributed by atoms with Gasteiger partial charge in [0.2, 0.25) is 0 Å². The monoisotopic (exact) mass is 448 g/mol. The minimum absolute atomic E-state index is 0.00943. The van der Waals surface area contributed by atoms with Crippen LogP contribution in [0, 0.1) is 6.92 Å². The van der Waals surface area contributed by atoms with Crippen LogP contribution in [0.15, 0.2) is 81.1 Å². The van der Waals surface area contributed by atoms with Crippen molar-refractivity contribution < 1.29 is 14.2 Å². The van der Waals surface area contributed by atoms with E-state index in [1.54, 1.807) is 22.8 Å². The second-order valence-corrected chi connectivity index (χ2v) is 9.12. The highest BCUT2D eigenvalue weighted by Gasteiger charge is 2.31. The fraction of sp³-hybridized carbons (Fsp3) is 0.0870. The van der Waals surface area contributed by atoms with E-state index in [0.717, 1.165) is 11.1 Å². The molecular weight excluding hydrogens is 428 g/mol. The smallest absolute Gasteiger partial charge is 0.266 e. The van der Waals surface area contributed by atoms with Crippen LogP contribution >= 0.6 is 10.8 Å². The number of hydrogen-bond acceptors (Lipinski definition) is 7. The number of hydrogen-bond donors (Lipinski definition) is 4. The molecule has 0 spiro atoms. The molecule has 0 saturated heterocycles. The van der Waals surface area contributed by atoms with Gasteiger partial charge in [0.15, 0.2) is 10.9 Å². The van der Waals surface area contributed by atoms with Crippen molar-refractivity contribution in [1.29, 1.82) is 0 Å². The Morgan fingerprint density at radius 2 is 1.81 bits per heavy atom. The second-order valence-electron chi connectivity index (χ2n) is 7.51. The zero-order chi connectivity index (χ0) is 22.5. The van der Waals surface area contributed by atoms with E-state index in [9.17, 15) is 19.0 Å². The summed E-state index contributed by atoms with van der Waals surface area (Å²) in [6, 6.07) is 18.2. The van der Waals surface area contributed by atoms with Crippen molar-refractivity contribution in [1.82, 2.24) is 9.55 Å². The number of anilines is 1. The van der Waals surface area contributed by atoms with Crippen LogP contribution in [0.2, 0.25) is 0 Å². The first-order chi connectivity index (χ1) is 15.4. The van der Waals surface area contributed by atoms with Crippen LogP contribution in [-0.4, -0.2) is 29.6 Å². The zero-order valence-corrected chi connectivity index (χ0v) is 17.9. The molecule has 0 amide bonds. The van der Waals surface area contributed by atoms with Crippen LogP contribution in [-0.2, 0) is 6.54 Å². The number of amidine groups is 1. The topological polar surface area (TPSA) is 120 Å². The number of aromatic nitrogens is 2. The summed E-state index contributed by atoms with van der Waals surface area (Å²) in [7, 11) is -3.65. The lowest BCUT2D eigenvalue weighted by Gasteiger charge is -2.32. The molecule has 162 valence electrons. The van der Waals surface area contributed by atoms with Crippen LogP contribution in [0.3, 0.4) is 0 Å². The number of fused-ring (bicyclic) bond motifs is 2. The van der Waals surface area contributed by atoms with Gasteiger partial charge >= 0.3 is 0 Å². The molecule has 0 unspecified atom stereocenters. The van der Waals surface area contributed by atoms with E-state index in [1.165, 1.54) is 6.20 Å². The van der Waals surface area contributed by atoms with E-state index in [1.807, 2.05) is 49.4 Å². The summed E-state index contributed by atoms with van der Waals surface area (Å²) in [5, 5.41) is 14.6. The predicted molar refractivity (Wildman–Crippen MR) is 126 cm³/mol. The second kappa shape index (κ2) is 7.49. The Balaban J connectivity index is 1.79. The lowest BCUT2D eigenvalue weighted by atomic mass is 10.0. The minimum atomic E-state index is -3.65. The van der Waals surface area contributed by atoms with Crippen molar-refractivity contribution in [2.75, 3.05) is 5.32 Å². The molecule has 0 aliphatic carbocycles. The van der Waals surface area contributed by atoms with Crippen molar-refractivity contribution in [3.8, 4) is 5.75 Å². The number of pyridine rings is 2. The molecule has 2 aromatic carbocycles. The quantitative estimate of drug-likeness (QED) is 0.370. The summed E-state index contributed by atoms with van der Waals surface area (Å²) in [6.45, 7) is 2.11. The molecule has 1 aliphatic heterocycles. The molecule has 0 atom stereocenters. The Morgan fingerprint density at radius 1 is 1.03 bits per heavy atom. The minimum Gasteiger partial charge on any atom is -0.506 e. The average Bonchev–Trinajstić information content (AvgIpc) is 2.77. The average molecular weight is 449 g/mol. The number of aryl methyl sites for hydroxylation is 1. The van der Waals surface area contributed by atoms with Gasteiger partial charge in [-0.1, -0.05) is 42.5 Å². The van der Waals surface area contributed by atoms with Crippen LogP contribution in [0.1, 0.15) is 16.7 Å². The highest BCUT2D eigenvalue weighted by Crippen LogP contribution is 2.54. The number of nitrogens with zero attached hydrogens (tertiary/aromatic N) is 3. The first kappa shape index (κ1) is 20.3. The standard InChI is InChI=1S/C23H20N4O4S/c1-14-7-5-11-17-18(14)20(28)19(23(29)27(17)13-15-8-3-2-4-9-15)21-25-16-10-6-12-24-22(16)32(30,31)26-21/h2-12,28,30-31H,13H2,1H3,(H,25,26). The zero-order valence-electron chi connectivity index (χ0n) is 17.1. The molecule has 4 aromatic rings. The van der Waals surface area contributed by atoms with Crippen LogP contribution in [0.5, 0.6) is 5.75 Å². The third-order valence-corrected chi connectivity index (χ3v) is 6.68. The van der Waals surface area contributed by atoms with E-state index in [0.29, 0.717) is 16.6 Å². The summed E-state index contributed by atoms with van der Waals surface area (Å²) in [6.07, 6.45) is 1.43. The van der Waals surface area contributed by atoms with Gasteiger partial charge in [-0.3, -0.25) is 13.9 Å². The summed E-state index contributed by atoms with van der Waals surface area (Å²) in [5.74, 6) is -0.374. The predicted octanol–water partition coefficient (Wildman–Crippen LogP) is 4.36. The molecule has 4 N–H and O–H groups in total. The molecule has 0 fully saturated rings. The lowest BCUT2D eigenvalue weighted by Crippen LogP contribution is -2.32. The van der Waals surface area contributed by atoms with Crippen molar-refractivity contribution in [2.24, 2.45) is 4.40 Å². The van der Waals surface area contributed by atoms with Crippen molar-refractivity contribution in [3.63, 3.8) is 0 Å². The molecular formula is C23H20N4O4S. The number of nitrogens with one attached hydrogen (secondary N) is 1. The van der Waals surface area contributed by atoms with Crippen molar-refractivity contribution >= 4 is 33.2 Å². The highest BCUT2D eigenvalue weighted by atomic mass is 32.3. The maximum atomic E-state index is 13.7. The van der Waals surface area contributed by atoms with Gasteiger partial charge in [0.25, 0.3) is 5.56 Å². The Bertz CT molecular complexity index is 1450. The van der Waals surface area contributed by atoms with Gasteiger partial charge in [-0.2, -0.15) is 0 Å². The molecule has 3 heterocycles.